The predicted octanol–water partition coefficient (Wildman–Crippen LogP) is 2.83. The van der Waals surface area contributed by atoms with E-state index >= 15 is 0 Å². The Balaban J connectivity index is 3.07. The van der Waals surface area contributed by atoms with Gasteiger partial charge in [0.05, 0.1) is 11.0 Å². The molecular weight excluding hydrogens is 269 g/mol. The molecule has 0 bridgehead atoms. The summed E-state index contributed by atoms with van der Waals surface area (Å²) in [5.74, 6) is -1.98. The van der Waals surface area contributed by atoms with E-state index in [1.807, 2.05) is 0 Å². The summed E-state index contributed by atoms with van der Waals surface area (Å²) in [4.78, 5) is 9.16. The van der Waals surface area contributed by atoms with Crippen molar-refractivity contribution in [3.8, 4) is 11.5 Å². The number of phenolic OH excluding ortho intramolecular Hbond substituents is 1. The summed E-state index contributed by atoms with van der Waals surface area (Å²) in [6.07, 6.45) is -11.4. The molecule has 0 fully saturated rings. The minimum atomic E-state index is -5.96. The lowest BCUT2D eigenvalue weighted by molar-refractivity contribution is -0.386. The average Bonchev–Trinajstić information content (AvgIpc) is 2.18. The minimum Gasteiger partial charge on any atom is -0.502 e. The monoisotopic (exact) mass is 273 g/mol. The summed E-state index contributed by atoms with van der Waals surface area (Å²) < 4.78 is 63.7. The number of rotatable bonds is 3. The third-order valence-corrected chi connectivity index (χ3v) is 1.72. The van der Waals surface area contributed by atoms with Gasteiger partial charge in [0.1, 0.15) is 5.75 Å². The third kappa shape index (κ3) is 2.76. The molecule has 0 saturated carbocycles. The van der Waals surface area contributed by atoms with Gasteiger partial charge in [0, 0.05) is 0 Å². The van der Waals surface area contributed by atoms with Crippen molar-refractivity contribution in [2.75, 3.05) is 0 Å². The molecule has 1 aromatic rings. The second-order valence-corrected chi connectivity index (χ2v) is 3.02. The molecule has 0 heterocycles. The molecule has 1 rings (SSSR count). The van der Waals surface area contributed by atoms with Crippen LogP contribution in [0.3, 0.4) is 0 Å². The summed E-state index contributed by atoms with van der Waals surface area (Å²) in [5.41, 5.74) is -1.05. The number of halogens is 5. The maximum atomic E-state index is 12.5. The van der Waals surface area contributed by atoms with E-state index < -0.39 is 34.4 Å². The van der Waals surface area contributed by atoms with Gasteiger partial charge in [0.2, 0.25) is 0 Å². The molecule has 0 aliphatic carbocycles. The van der Waals surface area contributed by atoms with Crippen molar-refractivity contribution in [3.63, 3.8) is 0 Å². The van der Waals surface area contributed by atoms with Crippen LogP contribution >= 0.6 is 0 Å². The van der Waals surface area contributed by atoms with Gasteiger partial charge in [-0.05, 0) is 12.1 Å². The van der Waals surface area contributed by atoms with Gasteiger partial charge in [-0.1, -0.05) is 0 Å². The number of phenols is 1. The summed E-state index contributed by atoms with van der Waals surface area (Å²) >= 11 is 0. The number of nitrogens with zero attached hydrogens (tertiary/aromatic N) is 1. The smallest absolute Gasteiger partial charge is 0.499 e. The number of nitro groups is 1. The van der Waals surface area contributed by atoms with Crippen molar-refractivity contribution in [2.24, 2.45) is 0 Å². The zero-order valence-corrected chi connectivity index (χ0v) is 8.24. The molecule has 0 aliphatic heterocycles. The van der Waals surface area contributed by atoms with Crippen molar-refractivity contribution in [1.29, 1.82) is 0 Å². The number of aromatic hydroxyl groups is 1. The van der Waals surface area contributed by atoms with E-state index in [1.165, 1.54) is 0 Å². The van der Waals surface area contributed by atoms with E-state index in [2.05, 4.69) is 4.74 Å². The number of ether oxygens (including phenoxy) is 1. The number of nitro benzene ring substituents is 1. The van der Waals surface area contributed by atoms with Crippen LogP contribution in [0.2, 0.25) is 0 Å². The molecule has 10 heteroatoms. The first-order chi connectivity index (χ1) is 8.04. The summed E-state index contributed by atoms with van der Waals surface area (Å²) in [6, 6.07) is 1.37. The predicted molar refractivity (Wildman–Crippen MR) is 46.4 cm³/mol. The van der Waals surface area contributed by atoms with Crippen LogP contribution in [0.15, 0.2) is 18.2 Å². The number of benzene rings is 1. The van der Waals surface area contributed by atoms with Gasteiger partial charge in [-0.15, -0.1) is 0 Å². The van der Waals surface area contributed by atoms with Crippen molar-refractivity contribution in [2.45, 2.75) is 12.3 Å². The van der Waals surface area contributed by atoms with Crippen LogP contribution in [0.1, 0.15) is 0 Å². The Hall–Kier alpha value is -2.13. The van der Waals surface area contributed by atoms with Crippen LogP contribution in [-0.2, 0) is 0 Å². The van der Waals surface area contributed by atoms with Gasteiger partial charge >= 0.3 is 18.0 Å². The van der Waals surface area contributed by atoms with Gasteiger partial charge in [-0.2, -0.15) is 22.0 Å². The lowest BCUT2D eigenvalue weighted by Crippen LogP contribution is -2.41. The van der Waals surface area contributed by atoms with Crippen molar-refractivity contribution >= 4 is 5.69 Å². The van der Waals surface area contributed by atoms with Crippen LogP contribution in [-0.4, -0.2) is 22.3 Å². The molecule has 1 aromatic carbocycles. The first kappa shape index (κ1) is 13.9. The third-order valence-electron chi connectivity index (χ3n) is 1.72. The van der Waals surface area contributed by atoms with Crippen molar-refractivity contribution < 1.29 is 36.7 Å². The molecule has 0 saturated heterocycles. The maximum absolute atomic E-state index is 12.5. The topological polar surface area (TPSA) is 72.6 Å². The highest BCUT2D eigenvalue weighted by Gasteiger charge is 2.61. The summed E-state index contributed by atoms with van der Waals surface area (Å²) in [7, 11) is 0. The van der Waals surface area contributed by atoms with Gasteiger partial charge < -0.3 is 9.84 Å². The highest BCUT2D eigenvalue weighted by molar-refractivity contribution is 5.49. The van der Waals surface area contributed by atoms with Crippen LogP contribution in [0, 0.1) is 10.1 Å². The van der Waals surface area contributed by atoms with Crippen LogP contribution < -0.4 is 4.74 Å². The van der Waals surface area contributed by atoms with E-state index in [0.29, 0.717) is 12.1 Å². The van der Waals surface area contributed by atoms with Gasteiger partial charge in [0.25, 0.3) is 0 Å². The molecule has 5 nitrogen and oxygen atoms in total. The van der Waals surface area contributed by atoms with Crippen molar-refractivity contribution in [1.82, 2.24) is 0 Å². The molecule has 0 amide bonds. The van der Waals surface area contributed by atoms with Gasteiger partial charge in [-0.3, -0.25) is 10.1 Å². The Labute approximate surface area is 95.5 Å². The SMILES string of the molecule is O=[N+]([O-])c1cc(OC(F)(F)C(F)(F)F)ccc1O. The lowest BCUT2D eigenvalue weighted by atomic mass is 10.3. The second-order valence-electron chi connectivity index (χ2n) is 3.02. The first-order valence-corrected chi connectivity index (χ1v) is 4.15. The van der Waals surface area contributed by atoms with E-state index in [0.717, 1.165) is 0 Å². The molecule has 1 N–H and O–H groups in total. The number of alkyl halides is 5. The molecule has 0 aromatic heterocycles. The fourth-order valence-corrected chi connectivity index (χ4v) is 0.919. The highest BCUT2D eigenvalue weighted by atomic mass is 19.4. The molecule has 0 unspecified atom stereocenters. The van der Waals surface area contributed by atoms with E-state index in [1.54, 1.807) is 0 Å². The fraction of sp³-hybridized carbons (Fsp3) is 0.250. The molecule has 0 atom stereocenters. The number of hydrogen-bond acceptors (Lipinski definition) is 4. The Morgan fingerprint density at radius 1 is 1.22 bits per heavy atom. The zero-order chi connectivity index (χ0) is 14.1. The summed E-state index contributed by atoms with van der Waals surface area (Å²) in [6.45, 7) is 0. The Morgan fingerprint density at radius 3 is 2.22 bits per heavy atom. The summed E-state index contributed by atoms with van der Waals surface area (Å²) in [5, 5.41) is 19.3. The van der Waals surface area contributed by atoms with E-state index in [9.17, 15) is 32.1 Å². The van der Waals surface area contributed by atoms with Gasteiger partial charge in [-0.25, -0.2) is 0 Å². The Kier molecular flexibility index (Phi) is 3.31. The average molecular weight is 273 g/mol. The largest absolute Gasteiger partial charge is 0.502 e. The molecule has 18 heavy (non-hydrogen) atoms. The quantitative estimate of drug-likeness (QED) is 0.522. The zero-order valence-electron chi connectivity index (χ0n) is 8.24. The normalized spacial score (nSPS) is 12.3. The Morgan fingerprint density at radius 2 is 1.78 bits per heavy atom. The minimum absolute atomic E-state index is 0.259. The molecule has 0 aliphatic rings. The standard InChI is InChI=1S/C8H4F5NO4/c9-7(10,11)8(12,13)18-4-1-2-6(15)5(3-4)14(16)17/h1-3,15H. The van der Waals surface area contributed by atoms with Crippen molar-refractivity contribution in [3.05, 3.63) is 28.3 Å². The number of hydrogen-bond donors (Lipinski definition) is 1. The van der Waals surface area contributed by atoms with Crippen LogP contribution in [0.25, 0.3) is 0 Å². The van der Waals surface area contributed by atoms with Crippen LogP contribution in [0.4, 0.5) is 27.6 Å². The Bertz CT molecular complexity index is 473. The van der Waals surface area contributed by atoms with Gasteiger partial charge in [0.15, 0.2) is 5.75 Å². The molecule has 100 valence electrons. The van der Waals surface area contributed by atoms with Crippen LogP contribution in [0.5, 0.6) is 11.5 Å². The van der Waals surface area contributed by atoms with E-state index in [4.69, 9.17) is 5.11 Å². The maximum Gasteiger partial charge on any atom is 0.499 e. The highest BCUT2D eigenvalue weighted by Crippen LogP contribution is 2.39. The fourth-order valence-electron chi connectivity index (χ4n) is 0.919. The lowest BCUT2D eigenvalue weighted by Gasteiger charge is -2.19. The second kappa shape index (κ2) is 4.27. The molecular formula is C8H4F5NO4. The first-order valence-electron chi connectivity index (χ1n) is 4.15. The van der Waals surface area contributed by atoms with E-state index in [-0.39, 0.29) is 6.07 Å². The molecule has 0 spiro atoms. The molecule has 0 radical (unpaired) electrons.